The van der Waals surface area contributed by atoms with E-state index in [9.17, 15) is 14.4 Å². The van der Waals surface area contributed by atoms with Crippen LogP contribution in [0.2, 0.25) is 0 Å². The van der Waals surface area contributed by atoms with Crippen LogP contribution in [-0.2, 0) is 14.3 Å². The van der Waals surface area contributed by atoms with Crippen molar-refractivity contribution in [2.75, 3.05) is 51.8 Å². The first-order valence-corrected chi connectivity index (χ1v) is 7.85. The number of esters is 1. The molecule has 0 aliphatic carbocycles. The molecule has 0 atom stereocenters. The number of carbonyl (C=O) groups is 3. The lowest BCUT2D eigenvalue weighted by atomic mass is 10.2. The van der Waals surface area contributed by atoms with Crippen molar-refractivity contribution >= 4 is 23.5 Å². The van der Waals surface area contributed by atoms with Gasteiger partial charge in [0.25, 0.3) is 0 Å². The lowest BCUT2D eigenvalue weighted by Gasteiger charge is -2.33. The summed E-state index contributed by atoms with van der Waals surface area (Å²) in [6.45, 7) is 4.42. The predicted octanol–water partition coefficient (Wildman–Crippen LogP) is 0.600. The van der Waals surface area contributed by atoms with Gasteiger partial charge >= 0.3 is 5.97 Å². The van der Waals surface area contributed by atoms with Crippen molar-refractivity contribution in [1.29, 1.82) is 0 Å². The number of anilines is 1. The number of rotatable bonds is 4. The monoisotopic (exact) mass is 333 g/mol. The molecule has 0 N–H and O–H groups in total. The molecular formula is C17H23N3O4. The number of ether oxygens (including phenoxy) is 1. The first kappa shape index (κ1) is 17.9. The second-order valence-electron chi connectivity index (χ2n) is 5.83. The summed E-state index contributed by atoms with van der Waals surface area (Å²) in [7, 11) is 3.33. The summed E-state index contributed by atoms with van der Waals surface area (Å²) in [5.74, 6) is -0.733. The minimum Gasteiger partial charge on any atom is -0.465 e. The second-order valence-corrected chi connectivity index (χ2v) is 5.83. The van der Waals surface area contributed by atoms with E-state index in [1.54, 1.807) is 29.2 Å². The molecule has 1 saturated heterocycles. The number of methoxy groups -OCH3 is 1. The Balaban J connectivity index is 2.07. The van der Waals surface area contributed by atoms with Gasteiger partial charge in [-0.05, 0) is 31.3 Å². The molecule has 1 aromatic carbocycles. The Morgan fingerprint density at radius 2 is 1.67 bits per heavy atom. The molecule has 0 saturated carbocycles. The van der Waals surface area contributed by atoms with Crippen LogP contribution in [0.5, 0.6) is 0 Å². The molecule has 1 aliphatic heterocycles. The van der Waals surface area contributed by atoms with E-state index < -0.39 is 5.97 Å². The third-order valence-corrected chi connectivity index (χ3v) is 4.13. The predicted molar refractivity (Wildman–Crippen MR) is 89.9 cm³/mol. The molecule has 1 aliphatic rings. The Labute approximate surface area is 141 Å². The van der Waals surface area contributed by atoms with Crippen molar-refractivity contribution < 1.29 is 19.1 Å². The average Bonchev–Trinajstić information content (AvgIpc) is 2.59. The molecule has 24 heavy (non-hydrogen) atoms. The van der Waals surface area contributed by atoms with Crippen LogP contribution >= 0.6 is 0 Å². The summed E-state index contributed by atoms with van der Waals surface area (Å²) >= 11 is 0. The highest BCUT2D eigenvalue weighted by molar-refractivity contribution is 5.98. The van der Waals surface area contributed by atoms with Gasteiger partial charge in [-0.2, -0.15) is 0 Å². The van der Waals surface area contributed by atoms with Crippen molar-refractivity contribution in [3.05, 3.63) is 29.8 Å². The summed E-state index contributed by atoms with van der Waals surface area (Å²) in [5, 5.41) is 0. The molecule has 1 fully saturated rings. The van der Waals surface area contributed by atoms with Crippen LogP contribution in [0.25, 0.3) is 0 Å². The Hall–Kier alpha value is -2.41. The fraction of sp³-hybridized carbons (Fsp3) is 0.471. The smallest absolute Gasteiger partial charge is 0.337 e. The summed E-state index contributed by atoms with van der Waals surface area (Å²) in [4.78, 5) is 41.2. The molecule has 0 aromatic heterocycles. The Bertz CT molecular complexity index is 607. The van der Waals surface area contributed by atoms with Gasteiger partial charge in [0.15, 0.2) is 0 Å². The van der Waals surface area contributed by atoms with Gasteiger partial charge in [0.1, 0.15) is 6.54 Å². The van der Waals surface area contributed by atoms with Crippen LogP contribution < -0.4 is 4.90 Å². The molecule has 2 amide bonds. The zero-order chi connectivity index (χ0) is 17.7. The fourth-order valence-electron chi connectivity index (χ4n) is 2.57. The highest BCUT2D eigenvalue weighted by atomic mass is 16.5. The highest BCUT2D eigenvalue weighted by Crippen LogP contribution is 2.17. The van der Waals surface area contributed by atoms with Gasteiger partial charge in [0, 0.05) is 38.8 Å². The molecule has 1 aromatic rings. The number of hydrogen-bond donors (Lipinski definition) is 0. The standard InChI is InChI=1S/C17H23N3O4/c1-13(21)20(12-16(22)19-10-8-18(2)9-11-19)15-6-4-14(5-7-15)17(23)24-3/h4-7H,8-12H2,1-3H3. The maximum absolute atomic E-state index is 12.5. The number of amides is 2. The third kappa shape index (κ3) is 4.32. The van der Waals surface area contributed by atoms with E-state index >= 15 is 0 Å². The van der Waals surface area contributed by atoms with Gasteiger partial charge < -0.3 is 19.4 Å². The average molecular weight is 333 g/mol. The van der Waals surface area contributed by atoms with E-state index in [1.165, 1.54) is 18.9 Å². The third-order valence-electron chi connectivity index (χ3n) is 4.13. The van der Waals surface area contributed by atoms with Crippen molar-refractivity contribution in [2.24, 2.45) is 0 Å². The van der Waals surface area contributed by atoms with E-state index in [0.717, 1.165) is 13.1 Å². The summed E-state index contributed by atoms with van der Waals surface area (Å²) < 4.78 is 4.65. The van der Waals surface area contributed by atoms with Crippen molar-refractivity contribution in [2.45, 2.75) is 6.92 Å². The summed E-state index contributed by atoms with van der Waals surface area (Å²) in [5.41, 5.74) is 0.979. The summed E-state index contributed by atoms with van der Waals surface area (Å²) in [6.07, 6.45) is 0. The van der Waals surface area contributed by atoms with Crippen LogP contribution in [-0.4, -0.2) is 74.5 Å². The van der Waals surface area contributed by atoms with Gasteiger partial charge in [-0.25, -0.2) is 4.79 Å². The Morgan fingerprint density at radius 1 is 1.08 bits per heavy atom. The fourth-order valence-corrected chi connectivity index (χ4v) is 2.57. The second kappa shape index (κ2) is 7.92. The number of piperazine rings is 1. The first-order valence-electron chi connectivity index (χ1n) is 7.85. The molecule has 2 rings (SSSR count). The van der Waals surface area contributed by atoms with Crippen LogP contribution in [0.3, 0.4) is 0 Å². The van der Waals surface area contributed by atoms with E-state index in [0.29, 0.717) is 24.3 Å². The molecular weight excluding hydrogens is 310 g/mol. The number of nitrogens with zero attached hydrogens (tertiary/aromatic N) is 3. The molecule has 7 heteroatoms. The van der Waals surface area contributed by atoms with Gasteiger partial charge in [-0.3, -0.25) is 9.59 Å². The van der Waals surface area contributed by atoms with Crippen LogP contribution in [0, 0.1) is 0 Å². The van der Waals surface area contributed by atoms with Gasteiger partial charge in [0.2, 0.25) is 11.8 Å². The van der Waals surface area contributed by atoms with Gasteiger partial charge in [-0.1, -0.05) is 0 Å². The molecule has 7 nitrogen and oxygen atoms in total. The van der Waals surface area contributed by atoms with E-state index in [1.807, 2.05) is 7.05 Å². The van der Waals surface area contributed by atoms with Crippen LogP contribution in [0.4, 0.5) is 5.69 Å². The summed E-state index contributed by atoms with van der Waals surface area (Å²) in [6, 6.07) is 6.45. The molecule has 0 bridgehead atoms. The SMILES string of the molecule is COC(=O)c1ccc(N(CC(=O)N2CCN(C)CC2)C(C)=O)cc1. The maximum Gasteiger partial charge on any atom is 0.337 e. The van der Waals surface area contributed by atoms with Crippen molar-refractivity contribution in [3.63, 3.8) is 0 Å². The molecule has 1 heterocycles. The van der Waals surface area contributed by atoms with Crippen molar-refractivity contribution in [3.8, 4) is 0 Å². The Kier molecular flexibility index (Phi) is 5.92. The molecule has 0 unspecified atom stereocenters. The van der Waals surface area contributed by atoms with Crippen molar-refractivity contribution in [1.82, 2.24) is 9.80 Å². The topological polar surface area (TPSA) is 70.2 Å². The zero-order valence-corrected chi connectivity index (χ0v) is 14.3. The van der Waals surface area contributed by atoms with E-state index in [-0.39, 0.29) is 18.4 Å². The number of likely N-dealkylation sites (N-methyl/N-ethyl adjacent to an activating group) is 1. The lowest BCUT2D eigenvalue weighted by molar-refractivity contribution is -0.132. The molecule has 0 spiro atoms. The van der Waals surface area contributed by atoms with Gasteiger partial charge in [0.05, 0.1) is 12.7 Å². The first-order chi connectivity index (χ1) is 11.4. The Morgan fingerprint density at radius 3 is 2.17 bits per heavy atom. The molecule has 0 radical (unpaired) electrons. The minimum atomic E-state index is -0.440. The number of carbonyl (C=O) groups excluding carboxylic acids is 3. The van der Waals surface area contributed by atoms with Gasteiger partial charge in [-0.15, -0.1) is 0 Å². The van der Waals surface area contributed by atoms with Crippen LogP contribution in [0.1, 0.15) is 17.3 Å². The highest BCUT2D eigenvalue weighted by Gasteiger charge is 2.23. The van der Waals surface area contributed by atoms with E-state index in [4.69, 9.17) is 0 Å². The van der Waals surface area contributed by atoms with E-state index in [2.05, 4.69) is 9.64 Å². The van der Waals surface area contributed by atoms with Crippen LogP contribution in [0.15, 0.2) is 24.3 Å². The quantitative estimate of drug-likeness (QED) is 0.755. The minimum absolute atomic E-state index is 0.00335. The normalized spacial score (nSPS) is 15.0. The zero-order valence-electron chi connectivity index (χ0n) is 14.3. The number of hydrogen-bond acceptors (Lipinski definition) is 5. The lowest BCUT2D eigenvalue weighted by Crippen LogP contribution is -2.50. The maximum atomic E-state index is 12.5. The largest absolute Gasteiger partial charge is 0.465 e. The number of benzene rings is 1. The molecule has 130 valence electrons.